The van der Waals surface area contributed by atoms with Gasteiger partial charge in [0.1, 0.15) is 6.29 Å². The summed E-state index contributed by atoms with van der Waals surface area (Å²) in [5.74, 6) is 0.302. The van der Waals surface area contributed by atoms with E-state index < -0.39 is 0 Å². The fraction of sp³-hybridized carbons (Fsp3) is 0.357. The molecule has 0 aliphatic carbocycles. The van der Waals surface area contributed by atoms with Crippen LogP contribution in [0.15, 0.2) is 37.0 Å². The minimum Gasteiger partial charge on any atom is -0.378 e. The van der Waals surface area contributed by atoms with Crippen molar-refractivity contribution < 1.29 is 4.79 Å². The largest absolute Gasteiger partial charge is 0.378 e. The van der Waals surface area contributed by atoms with Gasteiger partial charge in [-0.2, -0.15) is 0 Å². The molecule has 98 valence electrons. The van der Waals surface area contributed by atoms with E-state index in [4.69, 9.17) is 23.2 Å². The summed E-state index contributed by atoms with van der Waals surface area (Å²) in [7, 11) is 0. The number of rotatable bonds is 2. The van der Waals surface area contributed by atoms with E-state index in [1.165, 1.54) is 0 Å². The Morgan fingerprint density at radius 3 is 2.11 bits per heavy atom. The molecule has 0 N–H and O–H groups in total. The number of aldehydes is 1. The van der Waals surface area contributed by atoms with E-state index in [9.17, 15) is 4.79 Å². The molecule has 0 unspecified atom stereocenters. The number of piperidine rings is 1. The summed E-state index contributed by atoms with van der Waals surface area (Å²) in [5.41, 5.74) is 0. The smallest absolute Gasteiger partial charge is 0.123 e. The van der Waals surface area contributed by atoms with Crippen LogP contribution in [-0.4, -0.2) is 24.3 Å². The Labute approximate surface area is 118 Å². The third-order valence-corrected chi connectivity index (χ3v) is 3.28. The second kappa shape index (κ2) is 8.17. The van der Waals surface area contributed by atoms with Crippen LogP contribution in [0, 0.1) is 5.92 Å². The number of halogens is 2. The highest BCUT2D eigenvalue weighted by Gasteiger charge is 2.15. The molecular weight excluding hydrogens is 269 g/mol. The van der Waals surface area contributed by atoms with Gasteiger partial charge in [-0.3, -0.25) is 0 Å². The van der Waals surface area contributed by atoms with Crippen LogP contribution in [0.25, 0.3) is 0 Å². The van der Waals surface area contributed by atoms with Gasteiger partial charge < -0.3 is 9.69 Å². The predicted octanol–water partition coefficient (Wildman–Crippen LogP) is 4.03. The van der Waals surface area contributed by atoms with Gasteiger partial charge in [-0.05, 0) is 37.2 Å². The van der Waals surface area contributed by atoms with Gasteiger partial charge in [0.05, 0.1) is 0 Å². The van der Waals surface area contributed by atoms with Gasteiger partial charge in [0.2, 0.25) is 0 Å². The highest BCUT2D eigenvalue weighted by Crippen LogP contribution is 2.14. The lowest BCUT2D eigenvalue weighted by Gasteiger charge is -2.27. The summed E-state index contributed by atoms with van der Waals surface area (Å²) in [6, 6.07) is 7.08. The van der Waals surface area contributed by atoms with Gasteiger partial charge in [0.15, 0.2) is 0 Å². The first-order chi connectivity index (χ1) is 8.65. The van der Waals surface area contributed by atoms with Crippen molar-refractivity contribution in [1.82, 2.24) is 4.90 Å². The van der Waals surface area contributed by atoms with E-state index in [1.807, 2.05) is 12.3 Å². The Kier molecular flexibility index (Phi) is 6.84. The maximum Gasteiger partial charge on any atom is 0.123 e. The fourth-order valence-electron chi connectivity index (χ4n) is 1.70. The number of benzene rings is 1. The van der Waals surface area contributed by atoms with Crippen molar-refractivity contribution in [2.24, 2.45) is 5.92 Å². The Bertz CT molecular complexity index is 354. The molecule has 0 bridgehead atoms. The lowest BCUT2D eigenvalue weighted by atomic mass is 9.99. The Balaban J connectivity index is 0.000000184. The van der Waals surface area contributed by atoms with Crippen LogP contribution in [0.4, 0.5) is 0 Å². The molecule has 18 heavy (non-hydrogen) atoms. The molecule has 0 saturated carbocycles. The molecule has 2 rings (SSSR count). The van der Waals surface area contributed by atoms with Crippen molar-refractivity contribution in [1.29, 1.82) is 0 Å². The van der Waals surface area contributed by atoms with Crippen LogP contribution in [0.2, 0.25) is 10.0 Å². The summed E-state index contributed by atoms with van der Waals surface area (Å²) in [6.45, 7) is 5.66. The summed E-state index contributed by atoms with van der Waals surface area (Å²) in [5, 5.41) is 1.36. The van der Waals surface area contributed by atoms with Crippen molar-refractivity contribution in [3.8, 4) is 0 Å². The lowest BCUT2D eigenvalue weighted by Crippen LogP contribution is -2.29. The van der Waals surface area contributed by atoms with Crippen molar-refractivity contribution in [2.45, 2.75) is 12.8 Å². The zero-order valence-electron chi connectivity index (χ0n) is 10.2. The van der Waals surface area contributed by atoms with Crippen LogP contribution >= 0.6 is 23.2 Å². The number of carbonyl (C=O) groups is 1. The molecule has 1 aromatic carbocycles. The Morgan fingerprint density at radius 2 is 1.78 bits per heavy atom. The summed E-state index contributed by atoms with van der Waals surface area (Å²) < 4.78 is 0. The number of hydrogen-bond acceptors (Lipinski definition) is 2. The molecule has 0 atom stereocenters. The molecule has 1 aliphatic rings. The molecule has 1 heterocycles. The second-order valence-corrected chi connectivity index (χ2v) is 5.00. The summed E-state index contributed by atoms with van der Waals surface area (Å²) >= 11 is 11.1. The Hall–Kier alpha value is -0.990. The molecule has 2 nitrogen and oxygen atoms in total. The average Bonchev–Trinajstić information content (AvgIpc) is 2.39. The number of likely N-dealkylation sites (tertiary alicyclic amines) is 1. The van der Waals surface area contributed by atoms with Crippen LogP contribution in [0.5, 0.6) is 0 Å². The monoisotopic (exact) mass is 285 g/mol. The summed E-state index contributed by atoms with van der Waals surface area (Å²) in [4.78, 5) is 12.5. The predicted molar refractivity (Wildman–Crippen MR) is 77.0 cm³/mol. The number of nitrogens with zero attached hydrogens (tertiary/aromatic N) is 1. The van der Waals surface area contributed by atoms with E-state index in [0.717, 1.165) is 32.2 Å². The van der Waals surface area contributed by atoms with Gasteiger partial charge in [-0.15, -0.1) is 0 Å². The van der Waals surface area contributed by atoms with Crippen molar-refractivity contribution in [3.05, 3.63) is 47.1 Å². The van der Waals surface area contributed by atoms with Gasteiger partial charge in [-0.1, -0.05) is 35.8 Å². The first kappa shape index (κ1) is 15.1. The topological polar surface area (TPSA) is 20.3 Å². The third-order valence-electron chi connectivity index (χ3n) is 2.81. The van der Waals surface area contributed by atoms with Crippen LogP contribution in [0.3, 0.4) is 0 Å². The van der Waals surface area contributed by atoms with E-state index in [2.05, 4.69) is 11.5 Å². The van der Waals surface area contributed by atoms with E-state index in [-0.39, 0.29) is 0 Å². The molecule has 1 aliphatic heterocycles. The molecular formula is C14H17Cl2NO. The normalized spacial score (nSPS) is 15.6. The summed E-state index contributed by atoms with van der Waals surface area (Å²) in [6.07, 6.45) is 4.91. The van der Waals surface area contributed by atoms with E-state index in [1.54, 1.807) is 18.2 Å². The number of carbonyl (C=O) groups excluding carboxylic acids is 1. The fourth-order valence-corrected chi connectivity index (χ4v) is 2.13. The maximum absolute atomic E-state index is 10.3. The van der Waals surface area contributed by atoms with Crippen LogP contribution in [-0.2, 0) is 4.79 Å². The molecule has 1 aromatic rings. The standard InChI is InChI=1S/C8H13NO.C6H4Cl2/c1-2-9-5-3-8(7-10)4-6-9;7-5-2-1-3-6(8)4-5/h2,7-8H,1,3-6H2;1-4H. The molecule has 1 saturated heterocycles. The Morgan fingerprint density at radius 1 is 1.22 bits per heavy atom. The minimum absolute atomic E-state index is 0.302. The first-order valence-electron chi connectivity index (χ1n) is 5.88. The first-order valence-corrected chi connectivity index (χ1v) is 6.64. The van der Waals surface area contributed by atoms with Crippen LogP contribution < -0.4 is 0 Å². The molecule has 0 aromatic heterocycles. The molecule has 0 spiro atoms. The van der Waals surface area contributed by atoms with E-state index >= 15 is 0 Å². The van der Waals surface area contributed by atoms with Crippen molar-refractivity contribution >= 4 is 29.5 Å². The van der Waals surface area contributed by atoms with Gasteiger partial charge in [0.25, 0.3) is 0 Å². The molecule has 0 radical (unpaired) electrons. The van der Waals surface area contributed by atoms with Crippen molar-refractivity contribution in [2.75, 3.05) is 13.1 Å². The lowest BCUT2D eigenvalue weighted by molar-refractivity contribution is -0.112. The van der Waals surface area contributed by atoms with Crippen LogP contribution in [0.1, 0.15) is 12.8 Å². The van der Waals surface area contributed by atoms with Crippen molar-refractivity contribution in [3.63, 3.8) is 0 Å². The number of hydrogen-bond donors (Lipinski definition) is 0. The molecule has 0 amide bonds. The van der Waals surface area contributed by atoms with Gasteiger partial charge in [-0.25, -0.2) is 0 Å². The van der Waals surface area contributed by atoms with Gasteiger partial charge in [0, 0.05) is 29.1 Å². The SMILES string of the molecule is C=CN1CCC(C=O)CC1.Clc1cccc(Cl)c1. The second-order valence-electron chi connectivity index (χ2n) is 4.13. The minimum atomic E-state index is 0.302. The molecule has 1 fully saturated rings. The van der Waals surface area contributed by atoms with E-state index in [0.29, 0.717) is 16.0 Å². The maximum atomic E-state index is 10.3. The highest BCUT2D eigenvalue weighted by molar-refractivity contribution is 6.34. The zero-order valence-corrected chi connectivity index (χ0v) is 11.7. The molecule has 4 heteroatoms. The quantitative estimate of drug-likeness (QED) is 0.765. The zero-order chi connectivity index (χ0) is 13.4. The highest BCUT2D eigenvalue weighted by atomic mass is 35.5. The average molecular weight is 286 g/mol. The third kappa shape index (κ3) is 5.56. The van der Waals surface area contributed by atoms with Gasteiger partial charge >= 0.3 is 0 Å².